The summed E-state index contributed by atoms with van der Waals surface area (Å²) in [6, 6.07) is 9.78. The molecule has 2 fully saturated rings. The van der Waals surface area contributed by atoms with Gasteiger partial charge in [0.15, 0.2) is 0 Å². The molecule has 2 heteroatoms. The van der Waals surface area contributed by atoms with Gasteiger partial charge in [0.2, 0.25) is 0 Å². The van der Waals surface area contributed by atoms with Crippen molar-refractivity contribution in [1.29, 1.82) is 0 Å². The van der Waals surface area contributed by atoms with E-state index in [0.717, 1.165) is 6.54 Å². The first-order chi connectivity index (χ1) is 10.1. The molecule has 1 saturated heterocycles. The van der Waals surface area contributed by atoms with Crippen molar-refractivity contribution in [3.63, 3.8) is 0 Å². The molecule has 1 aliphatic heterocycles. The monoisotopic (exact) mass is 286 g/mol. The van der Waals surface area contributed by atoms with Gasteiger partial charge >= 0.3 is 0 Å². The molecule has 0 bridgehead atoms. The maximum Gasteiger partial charge on any atom is 0.0387 e. The highest BCUT2D eigenvalue weighted by atomic mass is 15.3. The molecule has 0 amide bonds. The zero-order valence-corrected chi connectivity index (χ0v) is 13.9. The van der Waals surface area contributed by atoms with E-state index in [2.05, 4.69) is 55.3 Å². The van der Waals surface area contributed by atoms with Gasteiger partial charge in [0.1, 0.15) is 0 Å². The van der Waals surface area contributed by atoms with Crippen molar-refractivity contribution in [2.75, 3.05) is 18.0 Å². The predicted molar refractivity (Wildman–Crippen MR) is 91.2 cm³/mol. The Labute approximate surface area is 129 Å². The third-order valence-corrected chi connectivity index (χ3v) is 5.46. The van der Waals surface area contributed by atoms with Crippen LogP contribution in [0.15, 0.2) is 24.3 Å². The average Bonchev–Trinajstić information content (AvgIpc) is 2.51. The van der Waals surface area contributed by atoms with Crippen molar-refractivity contribution in [1.82, 2.24) is 5.32 Å². The van der Waals surface area contributed by atoms with Crippen LogP contribution in [0, 0.1) is 0 Å². The summed E-state index contributed by atoms with van der Waals surface area (Å²) >= 11 is 0. The Balaban J connectivity index is 1.83. The Bertz CT molecular complexity index is 474. The topological polar surface area (TPSA) is 15.3 Å². The molecule has 1 unspecified atom stereocenters. The maximum atomic E-state index is 3.88. The molecular formula is C19H30N2. The van der Waals surface area contributed by atoms with Crippen LogP contribution in [0.2, 0.25) is 0 Å². The minimum Gasteiger partial charge on any atom is -0.366 e. The summed E-state index contributed by atoms with van der Waals surface area (Å²) < 4.78 is 0. The highest BCUT2D eigenvalue weighted by Gasteiger charge is 2.38. The van der Waals surface area contributed by atoms with Gasteiger partial charge in [-0.3, -0.25) is 0 Å². The van der Waals surface area contributed by atoms with Gasteiger partial charge in [-0.2, -0.15) is 0 Å². The fourth-order valence-corrected chi connectivity index (χ4v) is 3.98. The van der Waals surface area contributed by atoms with E-state index in [0.29, 0.717) is 17.5 Å². The molecule has 2 aliphatic rings. The quantitative estimate of drug-likeness (QED) is 0.871. The molecule has 21 heavy (non-hydrogen) atoms. The second-order valence-corrected chi connectivity index (χ2v) is 7.45. The average molecular weight is 286 g/mol. The number of piperazine rings is 1. The molecule has 2 nitrogen and oxygen atoms in total. The summed E-state index contributed by atoms with van der Waals surface area (Å²) in [6.45, 7) is 9.21. The second kappa shape index (κ2) is 6.00. The highest BCUT2D eigenvalue weighted by Crippen LogP contribution is 2.34. The summed E-state index contributed by atoms with van der Waals surface area (Å²) in [6.07, 6.45) is 6.89. The first kappa shape index (κ1) is 14.9. The van der Waals surface area contributed by atoms with Crippen LogP contribution in [0.5, 0.6) is 0 Å². The van der Waals surface area contributed by atoms with Crippen molar-refractivity contribution in [3.05, 3.63) is 29.8 Å². The van der Waals surface area contributed by atoms with Crippen LogP contribution in [0.1, 0.15) is 64.4 Å². The van der Waals surface area contributed by atoms with Crippen LogP contribution in [-0.2, 0) is 0 Å². The molecule has 0 radical (unpaired) electrons. The first-order valence-electron chi connectivity index (χ1n) is 8.71. The number of hydrogen-bond acceptors (Lipinski definition) is 2. The molecule has 3 rings (SSSR count). The molecule has 1 atom stereocenters. The van der Waals surface area contributed by atoms with Crippen LogP contribution in [0.4, 0.5) is 5.69 Å². The minimum atomic E-state index is 0.374. The Morgan fingerprint density at radius 2 is 1.95 bits per heavy atom. The molecule has 1 saturated carbocycles. The largest absolute Gasteiger partial charge is 0.366 e. The van der Waals surface area contributed by atoms with Crippen LogP contribution in [0.25, 0.3) is 0 Å². The van der Waals surface area contributed by atoms with Crippen molar-refractivity contribution >= 4 is 5.69 Å². The summed E-state index contributed by atoms with van der Waals surface area (Å²) in [5, 5.41) is 3.88. The maximum absolute atomic E-state index is 3.88. The highest BCUT2D eigenvalue weighted by molar-refractivity contribution is 5.51. The van der Waals surface area contributed by atoms with E-state index in [-0.39, 0.29) is 0 Å². The predicted octanol–water partition coefficient (Wildman–Crippen LogP) is 4.31. The van der Waals surface area contributed by atoms with E-state index in [1.54, 1.807) is 0 Å². The van der Waals surface area contributed by atoms with E-state index < -0.39 is 0 Å². The number of rotatable bonds is 2. The lowest BCUT2D eigenvalue weighted by Gasteiger charge is -2.50. The molecule has 1 spiro atoms. The molecule has 1 aliphatic carbocycles. The van der Waals surface area contributed by atoms with Crippen molar-refractivity contribution in [2.24, 2.45) is 0 Å². The molecule has 1 N–H and O–H groups in total. The number of nitrogens with zero attached hydrogens (tertiary/aromatic N) is 1. The van der Waals surface area contributed by atoms with Gasteiger partial charge in [-0.1, -0.05) is 45.2 Å². The van der Waals surface area contributed by atoms with E-state index in [9.17, 15) is 0 Å². The Hall–Kier alpha value is -1.02. The Morgan fingerprint density at radius 1 is 1.19 bits per heavy atom. The number of anilines is 1. The lowest BCUT2D eigenvalue weighted by Crippen LogP contribution is -2.64. The molecule has 0 aromatic heterocycles. The molecule has 1 heterocycles. The normalized spacial score (nSPS) is 25.5. The Kier molecular flexibility index (Phi) is 4.26. The number of hydrogen-bond donors (Lipinski definition) is 1. The van der Waals surface area contributed by atoms with Crippen molar-refractivity contribution in [3.8, 4) is 0 Å². The van der Waals surface area contributed by atoms with Gasteiger partial charge in [0, 0.05) is 30.4 Å². The smallest absolute Gasteiger partial charge is 0.0387 e. The summed E-state index contributed by atoms with van der Waals surface area (Å²) in [5.74, 6) is 0.604. The van der Waals surface area contributed by atoms with Crippen LogP contribution in [-0.4, -0.2) is 24.7 Å². The van der Waals surface area contributed by atoms with E-state index in [1.165, 1.54) is 49.9 Å². The van der Waals surface area contributed by atoms with Gasteiger partial charge in [-0.25, -0.2) is 0 Å². The summed E-state index contributed by atoms with van der Waals surface area (Å²) in [5.41, 5.74) is 3.24. The van der Waals surface area contributed by atoms with Gasteiger partial charge in [0.25, 0.3) is 0 Å². The van der Waals surface area contributed by atoms with Gasteiger partial charge in [-0.05, 0) is 43.4 Å². The summed E-state index contributed by atoms with van der Waals surface area (Å²) in [7, 11) is 0. The van der Waals surface area contributed by atoms with Gasteiger partial charge in [0.05, 0.1) is 0 Å². The van der Waals surface area contributed by atoms with Crippen molar-refractivity contribution < 1.29 is 0 Å². The number of benzene rings is 1. The van der Waals surface area contributed by atoms with E-state index >= 15 is 0 Å². The second-order valence-electron chi connectivity index (χ2n) is 7.45. The van der Waals surface area contributed by atoms with Crippen molar-refractivity contribution in [2.45, 2.75) is 70.4 Å². The van der Waals surface area contributed by atoms with E-state index in [4.69, 9.17) is 0 Å². The van der Waals surface area contributed by atoms with Crippen LogP contribution in [0.3, 0.4) is 0 Å². The fraction of sp³-hybridized carbons (Fsp3) is 0.684. The molecule has 1 aromatic rings. The first-order valence-corrected chi connectivity index (χ1v) is 8.71. The zero-order chi connectivity index (χ0) is 14.9. The third kappa shape index (κ3) is 3.11. The van der Waals surface area contributed by atoms with Crippen LogP contribution < -0.4 is 10.2 Å². The SMILES string of the molecule is CC(C)c1cccc(N2CC3(CCCCC3)NCC2C)c1. The molecular weight excluding hydrogens is 256 g/mol. The van der Waals surface area contributed by atoms with E-state index in [1.807, 2.05) is 0 Å². The zero-order valence-electron chi connectivity index (χ0n) is 13.9. The lowest BCUT2D eigenvalue weighted by molar-refractivity contribution is 0.200. The van der Waals surface area contributed by atoms with Gasteiger partial charge in [-0.15, -0.1) is 0 Å². The van der Waals surface area contributed by atoms with Gasteiger partial charge < -0.3 is 10.2 Å². The lowest BCUT2D eigenvalue weighted by atomic mass is 9.79. The summed E-state index contributed by atoms with van der Waals surface area (Å²) in [4.78, 5) is 2.65. The third-order valence-electron chi connectivity index (χ3n) is 5.46. The standard InChI is InChI=1S/C19H30N2/c1-15(2)17-8-7-9-18(12-17)21-14-19(20-13-16(21)3)10-5-4-6-11-19/h7-9,12,15-16,20H,4-6,10-11,13-14H2,1-3H3. The molecule has 116 valence electrons. The molecule has 1 aromatic carbocycles. The number of nitrogens with one attached hydrogen (secondary N) is 1. The fourth-order valence-electron chi connectivity index (χ4n) is 3.98. The minimum absolute atomic E-state index is 0.374. The Morgan fingerprint density at radius 3 is 2.67 bits per heavy atom. The van der Waals surface area contributed by atoms with Crippen LogP contribution >= 0.6 is 0 Å².